The second-order valence-electron chi connectivity index (χ2n) is 4.91. The summed E-state index contributed by atoms with van der Waals surface area (Å²) in [4.78, 5) is 12.3. The van der Waals surface area contributed by atoms with Crippen molar-refractivity contribution in [2.75, 3.05) is 5.73 Å². The van der Waals surface area contributed by atoms with Crippen molar-refractivity contribution in [3.8, 4) is 0 Å². The number of hydrogen-bond acceptors (Lipinski definition) is 6. The number of nitrogens with zero attached hydrogens (tertiary/aromatic N) is 4. The molecular weight excluding hydrogens is 246 g/mol. The highest BCUT2D eigenvalue weighted by molar-refractivity contribution is 5.81. The molecule has 7 heteroatoms. The number of fused-ring (bicyclic) bond motifs is 1. The van der Waals surface area contributed by atoms with Crippen LogP contribution in [0, 0.1) is 5.92 Å². The minimum absolute atomic E-state index is 0.0386. The third-order valence-electron chi connectivity index (χ3n) is 3.80. The second kappa shape index (κ2) is 4.43. The van der Waals surface area contributed by atoms with E-state index in [0.717, 1.165) is 6.42 Å². The van der Waals surface area contributed by atoms with E-state index >= 15 is 0 Å². The van der Waals surface area contributed by atoms with Gasteiger partial charge in [0.1, 0.15) is 17.9 Å². The van der Waals surface area contributed by atoms with Crippen LogP contribution in [0.5, 0.6) is 0 Å². The summed E-state index contributed by atoms with van der Waals surface area (Å²) in [7, 11) is 0. The highest BCUT2D eigenvalue weighted by Gasteiger charge is 2.41. The molecule has 0 saturated carbocycles. The minimum atomic E-state index is -0.585. The summed E-state index contributed by atoms with van der Waals surface area (Å²) in [6.07, 6.45) is 2.82. The topological polar surface area (TPSA) is 99.1 Å². The Morgan fingerprint density at radius 1 is 1.42 bits per heavy atom. The number of hydrogen-bond donors (Lipinski definition) is 2. The van der Waals surface area contributed by atoms with Crippen molar-refractivity contribution in [1.82, 2.24) is 19.5 Å². The lowest BCUT2D eigenvalue weighted by molar-refractivity contribution is -0.0355. The van der Waals surface area contributed by atoms with Gasteiger partial charge in [0.25, 0.3) is 0 Å². The van der Waals surface area contributed by atoms with Crippen molar-refractivity contribution in [3.63, 3.8) is 0 Å². The van der Waals surface area contributed by atoms with E-state index in [1.807, 2.05) is 13.8 Å². The van der Waals surface area contributed by atoms with E-state index in [1.165, 1.54) is 6.33 Å². The van der Waals surface area contributed by atoms with E-state index in [9.17, 15) is 5.11 Å². The zero-order valence-corrected chi connectivity index (χ0v) is 10.9. The van der Waals surface area contributed by atoms with Gasteiger partial charge in [-0.25, -0.2) is 15.0 Å². The van der Waals surface area contributed by atoms with Crippen LogP contribution < -0.4 is 5.73 Å². The molecule has 1 aliphatic heterocycles. The lowest BCUT2D eigenvalue weighted by atomic mass is 9.99. The Hall–Kier alpha value is -1.73. The molecule has 0 amide bonds. The summed E-state index contributed by atoms with van der Waals surface area (Å²) in [5.74, 6) is 0.406. The number of aliphatic hydroxyl groups is 1. The van der Waals surface area contributed by atoms with Gasteiger partial charge in [0.2, 0.25) is 0 Å². The molecule has 1 saturated heterocycles. The summed E-state index contributed by atoms with van der Waals surface area (Å²) < 4.78 is 7.63. The Morgan fingerprint density at radius 3 is 2.89 bits per heavy atom. The minimum Gasteiger partial charge on any atom is -0.388 e. The van der Waals surface area contributed by atoms with E-state index in [0.29, 0.717) is 17.0 Å². The maximum atomic E-state index is 10.3. The predicted molar refractivity (Wildman–Crippen MR) is 69.1 cm³/mol. The summed E-state index contributed by atoms with van der Waals surface area (Å²) in [5.41, 5.74) is 6.87. The lowest BCUT2D eigenvalue weighted by Crippen LogP contribution is -2.24. The molecule has 0 aliphatic carbocycles. The number of aliphatic hydroxyl groups excluding tert-OH is 1. The van der Waals surface area contributed by atoms with Crippen LogP contribution in [0.1, 0.15) is 26.5 Å². The van der Waals surface area contributed by atoms with Gasteiger partial charge in [-0.15, -0.1) is 0 Å². The summed E-state index contributed by atoms with van der Waals surface area (Å²) in [5, 5.41) is 10.3. The first kappa shape index (κ1) is 12.3. The fraction of sp³-hybridized carbons (Fsp3) is 0.583. The lowest BCUT2D eigenvalue weighted by Gasteiger charge is -2.16. The highest BCUT2D eigenvalue weighted by atomic mass is 16.5. The molecule has 0 bridgehead atoms. The van der Waals surface area contributed by atoms with E-state index < -0.39 is 12.3 Å². The Balaban J connectivity index is 2.04. The third kappa shape index (κ3) is 1.77. The van der Waals surface area contributed by atoms with Gasteiger partial charge in [0, 0.05) is 5.92 Å². The standard InChI is InChI=1S/C12H17N5O2/c1-3-7-6(2)9(18)12(19-7)17-5-16-8-10(13)14-4-15-11(8)17/h4-7,9,12,18H,3H2,1-2H3,(H2,13,14,15)/t6?,7-,9?,12-/m1/s1. The van der Waals surface area contributed by atoms with Crippen molar-refractivity contribution < 1.29 is 9.84 Å². The van der Waals surface area contributed by atoms with Gasteiger partial charge in [-0.05, 0) is 6.42 Å². The number of ether oxygens (including phenoxy) is 1. The first-order chi connectivity index (χ1) is 9.13. The Morgan fingerprint density at radius 2 is 2.21 bits per heavy atom. The molecule has 3 rings (SSSR count). The van der Waals surface area contributed by atoms with Crippen LogP contribution in [0.4, 0.5) is 5.82 Å². The van der Waals surface area contributed by atoms with Gasteiger partial charge in [0.15, 0.2) is 17.7 Å². The molecule has 0 spiro atoms. The molecule has 2 aromatic heterocycles. The van der Waals surface area contributed by atoms with E-state index in [-0.39, 0.29) is 12.0 Å². The van der Waals surface area contributed by atoms with Crippen molar-refractivity contribution in [3.05, 3.63) is 12.7 Å². The molecule has 19 heavy (non-hydrogen) atoms. The molecule has 1 fully saturated rings. The predicted octanol–water partition coefficient (Wildman–Crippen LogP) is 0.713. The molecule has 3 N–H and O–H groups in total. The van der Waals surface area contributed by atoms with E-state index in [2.05, 4.69) is 15.0 Å². The maximum Gasteiger partial charge on any atom is 0.167 e. The van der Waals surface area contributed by atoms with Crippen LogP contribution in [0.15, 0.2) is 12.7 Å². The molecule has 2 aromatic rings. The average molecular weight is 263 g/mol. The third-order valence-corrected chi connectivity index (χ3v) is 3.80. The van der Waals surface area contributed by atoms with Gasteiger partial charge in [0.05, 0.1) is 12.4 Å². The fourth-order valence-corrected chi connectivity index (χ4v) is 2.62. The molecule has 3 heterocycles. The smallest absolute Gasteiger partial charge is 0.167 e. The van der Waals surface area contributed by atoms with Crippen molar-refractivity contribution >= 4 is 17.0 Å². The van der Waals surface area contributed by atoms with Gasteiger partial charge in [-0.2, -0.15) is 0 Å². The van der Waals surface area contributed by atoms with Gasteiger partial charge in [-0.1, -0.05) is 13.8 Å². The number of nitrogen functional groups attached to an aromatic ring is 1. The molecular formula is C12H17N5O2. The number of anilines is 1. The summed E-state index contributed by atoms with van der Waals surface area (Å²) in [6.45, 7) is 4.03. The average Bonchev–Trinajstić information content (AvgIpc) is 2.94. The molecule has 7 nitrogen and oxygen atoms in total. The molecule has 102 valence electrons. The first-order valence-electron chi connectivity index (χ1n) is 6.40. The summed E-state index contributed by atoms with van der Waals surface area (Å²) in [6, 6.07) is 0. The molecule has 2 unspecified atom stereocenters. The zero-order chi connectivity index (χ0) is 13.6. The first-order valence-corrected chi connectivity index (χ1v) is 6.40. The SMILES string of the molecule is CC[C@H]1O[C@@H](n2cnc3c(N)ncnc32)C(O)C1C. The maximum absolute atomic E-state index is 10.3. The van der Waals surface area contributed by atoms with E-state index in [1.54, 1.807) is 10.9 Å². The normalized spacial score (nSPS) is 31.1. The molecule has 1 aliphatic rings. The second-order valence-corrected chi connectivity index (χ2v) is 4.91. The van der Waals surface area contributed by atoms with E-state index in [4.69, 9.17) is 10.5 Å². The Bertz CT molecular complexity index is 599. The number of imidazole rings is 1. The summed E-state index contributed by atoms with van der Waals surface area (Å²) >= 11 is 0. The zero-order valence-electron chi connectivity index (χ0n) is 10.9. The van der Waals surface area contributed by atoms with Gasteiger partial charge < -0.3 is 15.6 Å². The molecule has 0 radical (unpaired) electrons. The van der Waals surface area contributed by atoms with Crippen molar-refractivity contribution in [1.29, 1.82) is 0 Å². The van der Waals surface area contributed by atoms with Crippen molar-refractivity contribution in [2.24, 2.45) is 5.92 Å². The van der Waals surface area contributed by atoms with Gasteiger partial charge in [-0.3, -0.25) is 4.57 Å². The van der Waals surface area contributed by atoms with Crippen LogP contribution in [-0.2, 0) is 4.74 Å². The molecule has 4 atom stereocenters. The van der Waals surface area contributed by atoms with Crippen LogP contribution in [0.2, 0.25) is 0 Å². The number of nitrogens with two attached hydrogens (primary N) is 1. The Kier molecular flexibility index (Phi) is 2.87. The van der Waals surface area contributed by atoms with Crippen LogP contribution in [0.25, 0.3) is 11.2 Å². The fourth-order valence-electron chi connectivity index (χ4n) is 2.62. The van der Waals surface area contributed by atoms with Crippen LogP contribution in [0.3, 0.4) is 0 Å². The quantitative estimate of drug-likeness (QED) is 0.828. The largest absolute Gasteiger partial charge is 0.388 e. The Labute approximate surface area is 110 Å². The van der Waals surface area contributed by atoms with Crippen LogP contribution in [-0.4, -0.2) is 36.8 Å². The van der Waals surface area contributed by atoms with Crippen molar-refractivity contribution in [2.45, 2.75) is 38.7 Å². The van der Waals surface area contributed by atoms with Gasteiger partial charge >= 0.3 is 0 Å². The van der Waals surface area contributed by atoms with Crippen LogP contribution >= 0.6 is 0 Å². The number of aromatic nitrogens is 4. The molecule has 0 aromatic carbocycles. The number of rotatable bonds is 2. The highest BCUT2D eigenvalue weighted by Crippen LogP contribution is 2.36. The monoisotopic (exact) mass is 263 g/mol.